The van der Waals surface area contributed by atoms with Crippen LogP contribution in [0.25, 0.3) is 11.3 Å². The maximum Gasteiger partial charge on any atom is 0.255 e. The van der Waals surface area contributed by atoms with Gasteiger partial charge in [-0.3, -0.25) is 14.2 Å². The summed E-state index contributed by atoms with van der Waals surface area (Å²) in [6, 6.07) is 0. The van der Waals surface area contributed by atoms with Gasteiger partial charge in [-0.25, -0.2) is 0 Å². The van der Waals surface area contributed by atoms with Gasteiger partial charge >= 0.3 is 0 Å². The minimum absolute atomic E-state index is 0.0751. The van der Waals surface area contributed by atoms with Crippen LogP contribution in [0.1, 0.15) is 36.0 Å². The molecule has 7 nitrogen and oxygen atoms in total. The summed E-state index contributed by atoms with van der Waals surface area (Å²) < 4.78 is 9.22. The highest BCUT2D eigenvalue weighted by Crippen LogP contribution is 2.46. The van der Waals surface area contributed by atoms with Crippen LogP contribution in [-0.2, 0) is 18.8 Å². The molecule has 2 aromatic rings. The lowest BCUT2D eigenvalue weighted by atomic mass is 9.83. The fourth-order valence-corrected chi connectivity index (χ4v) is 4.11. The Morgan fingerprint density at radius 2 is 2.25 bits per heavy atom. The molecule has 128 valence electrons. The van der Waals surface area contributed by atoms with Crippen molar-refractivity contribution in [3.05, 3.63) is 24.2 Å². The monoisotopic (exact) mass is 329 g/mol. The minimum atomic E-state index is -0.0751. The van der Waals surface area contributed by atoms with E-state index in [1.54, 1.807) is 21.8 Å². The van der Waals surface area contributed by atoms with E-state index in [0.717, 1.165) is 31.4 Å². The zero-order chi connectivity index (χ0) is 16.7. The lowest BCUT2D eigenvalue weighted by molar-refractivity contribution is 0.0669. The van der Waals surface area contributed by atoms with Crippen molar-refractivity contribution in [1.82, 2.24) is 24.9 Å². The topological polar surface area (TPSA) is 74.0 Å². The zero-order valence-electron chi connectivity index (χ0n) is 14.2. The number of rotatable bonds is 4. The van der Waals surface area contributed by atoms with Crippen molar-refractivity contribution in [3.8, 4) is 11.3 Å². The molecule has 1 saturated heterocycles. The summed E-state index contributed by atoms with van der Waals surface area (Å²) in [5.41, 5.74) is 2.25. The summed E-state index contributed by atoms with van der Waals surface area (Å²) in [7, 11) is 3.68. The van der Waals surface area contributed by atoms with Gasteiger partial charge in [0.2, 0.25) is 0 Å². The summed E-state index contributed by atoms with van der Waals surface area (Å²) in [5.74, 6) is -0.0751. The molecule has 2 aromatic heterocycles. The Morgan fingerprint density at radius 3 is 3.04 bits per heavy atom. The maximum absolute atomic E-state index is 12.8. The molecule has 0 aromatic carbocycles. The zero-order valence-corrected chi connectivity index (χ0v) is 14.2. The lowest BCUT2D eigenvalue weighted by Gasteiger charge is -2.27. The number of hydrogen-bond donors (Lipinski definition) is 1. The maximum atomic E-state index is 12.8. The van der Waals surface area contributed by atoms with Crippen LogP contribution >= 0.6 is 0 Å². The summed E-state index contributed by atoms with van der Waals surface area (Å²) in [6.07, 6.45) is 10.2. The van der Waals surface area contributed by atoms with Gasteiger partial charge in [0.15, 0.2) is 0 Å². The van der Waals surface area contributed by atoms with Gasteiger partial charge in [0.05, 0.1) is 17.9 Å². The largest absolute Gasteiger partial charge is 0.378 e. The average Bonchev–Trinajstić information content (AvgIpc) is 3.27. The van der Waals surface area contributed by atoms with Gasteiger partial charge in [-0.05, 0) is 19.3 Å². The predicted octanol–water partition coefficient (Wildman–Crippen LogP) is 1.51. The standard InChI is InChI=1S/C17H23N5O2/c1-21-9-12(8-19-21)15-13(10-22(2)20-15)16(23)18-11-17-5-3-4-14(17)24-7-6-17/h8-10,14H,3-7,11H2,1-2H3,(H,18,23). The van der Waals surface area contributed by atoms with Crippen LogP contribution in [-0.4, -0.2) is 44.7 Å². The van der Waals surface area contributed by atoms with Crippen molar-refractivity contribution in [1.29, 1.82) is 0 Å². The van der Waals surface area contributed by atoms with E-state index in [1.165, 1.54) is 6.42 Å². The molecular formula is C17H23N5O2. The van der Waals surface area contributed by atoms with Crippen molar-refractivity contribution in [2.45, 2.75) is 31.8 Å². The third-order valence-electron chi connectivity index (χ3n) is 5.40. The third kappa shape index (κ3) is 2.53. The normalized spacial score (nSPS) is 25.8. The van der Waals surface area contributed by atoms with Crippen LogP contribution in [0.15, 0.2) is 18.6 Å². The second-order valence-corrected chi connectivity index (χ2v) is 7.01. The van der Waals surface area contributed by atoms with Gasteiger partial charge in [-0.2, -0.15) is 10.2 Å². The number of aromatic nitrogens is 4. The SMILES string of the molecule is Cn1cc(-c2nn(C)cc2C(=O)NCC23CCCC2OCC3)cn1. The summed E-state index contributed by atoms with van der Waals surface area (Å²) >= 11 is 0. The Labute approximate surface area is 141 Å². The van der Waals surface area contributed by atoms with E-state index >= 15 is 0 Å². The quantitative estimate of drug-likeness (QED) is 0.923. The second kappa shape index (κ2) is 5.73. The van der Waals surface area contributed by atoms with Crippen LogP contribution < -0.4 is 5.32 Å². The van der Waals surface area contributed by atoms with E-state index in [0.29, 0.717) is 23.9 Å². The van der Waals surface area contributed by atoms with E-state index in [1.807, 2.05) is 20.3 Å². The van der Waals surface area contributed by atoms with E-state index in [2.05, 4.69) is 15.5 Å². The van der Waals surface area contributed by atoms with E-state index < -0.39 is 0 Å². The molecule has 1 aliphatic carbocycles. The second-order valence-electron chi connectivity index (χ2n) is 7.01. The number of ether oxygens (including phenoxy) is 1. The van der Waals surface area contributed by atoms with Gasteiger partial charge < -0.3 is 10.1 Å². The molecule has 1 amide bonds. The Bertz CT molecular complexity index is 753. The molecule has 7 heteroatoms. The Kier molecular flexibility index (Phi) is 3.68. The highest BCUT2D eigenvalue weighted by molar-refractivity contribution is 5.99. The molecule has 1 saturated carbocycles. The third-order valence-corrected chi connectivity index (χ3v) is 5.40. The van der Waals surface area contributed by atoms with Crippen molar-refractivity contribution >= 4 is 5.91 Å². The molecule has 4 rings (SSSR count). The van der Waals surface area contributed by atoms with Crippen LogP contribution in [0, 0.1) is 5.41 Å². The van der Waals surface area contributed by atoms with Crippen LogP contribution in [0.5, 0.6) is 0 Å². The molecule has 24 heavy (non-hydrogen) atoms. The number of fused-ring (bicyclic) bond motifs is 1. The Balaban J connectivity index is 1.53. The van der Waals surface area contributed by atoms with Gasteiger partial charge in [0.1, 0.15) is 5.69 Å². The molecule has 1 aliphatic heterocycles. The number of carbonyl (C=O) groups is 1. The summed E-state index contributed by atoms with van der Waals surface area (Å²) in [4.78, 5) is 12.8. The van der Waals surface area contributed by atoms with Crippen molar-refractivity contribution < 1.29 is 9.53 Å². The molecule has 0 radical (unpaired) electrons. The first kappa shape index (κ1) is 15.4. The first-order valence-electron chi connectivity index (χ1n) is 8.50. The molecular weight excluding hydrogens is 306 g/mol. The molecule has 0 bridgehead atoms. The fourth-order valence-electron chi connectivity index (χ4n) is 4.11. The molecule has 1 N–H and O–H groups in total. The van der Waals surface area contributed by atoms with Crippen LogP contribution in [0.3, 0.4) is 0 Å². The van der Waals surface area contributed by atoms with Crippen molar-refractivity contribution in [2.24, 2.45) is 19.5 Å². The average molecular weight is 329 g/mol. The highest BCUT2D eigenvalue weighted by Gasteiger charge is 2.47. The predicted molar refractivity (Wildman–Crippen MR) is 88.4 cm³/mol. The van der Waals surface area contributed by atoms with Gasteiger partial charge in [0, 0.05) is 50.6 Å². The van der Waals surface area contributed by atoms with E-state index in [-0.39, 0.29) is 11.3 Å². The minimum Gasteiger partial charge on any atom is -0.378 e. The Hall–Kier alpha value is -2.15. The van der Waals surface area contributed by atoms with Crippen LogP contribution in [0.4, 0.5) is 0 Å². The Morgan fingerprint density at radius 1 is 1.38 bits per heavy atom. The lowest BCUT2D eigenvalue weighted by Crippen LogP contribution is -2.39. The van der Waals surface area contributed by atoms with Crippen LogP contribution in [0.2, 0.25) is 0 Å². The van der Waals surface area contributed by atoms with Gasteiger partial charge in [0.25, 0.3) is 5.91 Å². The highest BCUT2D eigenvalue weighted by atomic mass is 16.5. The first-order chi connectivity index (χ1) is 11.6. The van der Waals surface area contributed by atoms with Crippen molar-refractivity contribution in [2.75, 3.05) is 13.2 Å². The number of carbonyl (C=O) groups excluding carboxylic acids is 1. The number of nitrogens with zero attached hydrogens (tertiary/aromatic N) is 4. The van der Waals surface area contributed by atoms with Gasteiger partial charge in [-0.1, -0.05) is 6.42 Å². The molecule has 2 fully saturated rings. The number of nitrogens with one attached hydrogen (secondary N) is 1. The fraction of sp³-hybridized carbons (Fsp3) is 0.588. The molecule has 3 heterocycles. The smallest absolute Gasteiger partial charge is 0.255 e. The summed E-state index contributed by atoms with van der Waals surface area (Å²) in [5, 5.41) is 11.7. The molecule has 0 spiro atoms. The number of aryl methyl sites for hydroxylation is 2. The molecule has 2 unspecified atom stereocenters. The molecule has 2 atom stereocenters. The summed E-state index contributed by atoms with van der Waals surface area (Å²) in [6.45, 7) is 1.49. The van der Waals surface area contributed by atoms with Crippen molar-refractivity contribution in [3.63, 3.8) is 0 Å². The van der Waals surface area contributed by atoms with Gasteiger partial charge in [-0.15, -0.1) is 0 Å². The number of hydrogen-bond acceptors (Lipinski definition) is 4. The van der Waals surface area contributed by atoms with E-state index in [9.17, 15) is 4.79 Å². The van der Waals surface area contributed by atoms with E-state index in [4.69, 9.17) is 4.74 Å². The first-order valence-corrected chi connectivity index (χ1v) is 8.50. The molecule has 2 aliphatic rings. The number of amides is 1.